The Kier molecular flexibility index (Phi) is 9.66. The van der Waals surface area contributed by atoms with Crippen LogP contribution in [0.4, 0.5) is 0 Å². The van der Waals surface area contributed by atoms with Crippen LogP contribution >= 0.6 is 0 Å². The number of methoxy groups -OCH3 is 1. The molecule has 1 atom stereocenters. The largest absolute Gasteiger partial charge is 0.494 e. The Balaban J connectivity index is 2.71. The monoisotopic (exact) mass is 349 g/mol. The van der Waals surface area contributed by atoms with E-state index in [4.69, 9.17) is 9.47 Å². The molecule has 1 aromatic carbocycles. The zero-order valence-electron chi connectivity index (χ0n) is 15.9. The van der Waals surface area contributed by atoms with Crippen LogP contribution in [0.15, 0.2) is 24.3 Å². The molecule has 0 spiro atoms. The molecule has 1 rings (SSSR count). The number of esters is 1. The Morgan fingerprint density at radius 2 is 1.80 bits per heavy atom. The number of rotatable bonds is 11. The number of ether oxygens (including phenoxy) is 2. The third kappa shape index (κ3) is 7.59. The Bertz CT molecular complexity index is 527. The molecule has 0 N–H and O–H groups in total. The van der Waals surface area contributed by atoms with Crippen molar-refractivity contribution in [3.05, 3.63) is 29.8 Å². The minimum atomic E-state index is -0.323. The third-order valence-electron chi connectivity index (χ3n) is 4.07. The Morgan fingerprint density at radius 3 is 2.36 bits per heavy atom. The van der Waals surface area contributed by atoms with E-state index in [-0.39, 0.29) is 17.8 Å². The lowest BCUT2D eigenvalue weighted by molar-refractivity contribution is -0.146. The fourth-order valence-corrected chi connectivity index (χ4v) is 2.63. The Labute approximate surface area is 151 Å². The molecular weight excluding hydrogens is 318 g/mol. The van der Waals surface area contributed by atoms with Crippen LogP contribution in [0.5, 0.6) is 5.75 Å². The van der Waals surface area contributed by atoms with Gasteiger partial charge in [0.2, 0.25) is 5.91 Å². The average Bonchev–Trinajstić information content (AvgIpc) is 2.62. The van der Waals surface area contributed by atoms with Crippen LogP contribution < -0.4 is 4.74 Å². The van der Waals surface area contributed by atoms with E-state index in [0.717, 1.165) is 30.6 Å². The first-order valence-electron chi connectivity index (χ1n) is 9.09. The molecule has 25 heavy (non-hydrogen) atoms. The fraction of sp³-hybridized carbons (Fsp3) is 0.600. The maximum atomic E-state index is 12.7. The summed E-state index contributed by atoms with van der Waals surface area (Å²) in [4.78, 5) is 26.2. The molecule has 0 bridgehead atoms. The molecule has 0 aromatic heterocycles. The second-order valence-electron chi connectivity index (χ2n) is 6.22. The predicted molar refractivity (Wildman–Crippen MR) is 98.6 cm³/mol. The first-order chi connectivity index (χ1) is 12.0. The van der Waals surface area contributed by atoms with Gasteiger partial charge in [-0.05, 0) is 31.0 Å². The van der Waals surface area contributed by atoms with Gasteiger partial charge in [0.1, 0.15) is 5.75 Å². The minimum absolute atomic E-state index is 0.0380. The van der Waals surface area contributed by atoms with Crippen LogP contribution in [-0.4, -0.2) is 43.6 Å². The van der Waals surface area contributed by atoms with Gasteiger partial charge in [-0.25, -0.2) is 0 Å². The van der Waals surface area contributed by atoms with Gasteiger partial charge in [0.25, 0.3) is 0 Å². The van der Waals surface area contributed by atoms with E-state index < -0.39 is 0 Å². The molecule has 5 heteroatoms. The van der Waals surface area contributed by atoms with E-state index >= 15 is 0 Å². The first kappa shape index (κ1) is 21.0. The summed E-state index contributed by atoms with van der Waals surface area (Å²) in [5, 5.41) is 0. The van der Waals surface area contributed by atoms with E-state index in [1.165, 1.54) is 7.11 Å². The molecule has 0 saturated carbocycles. The van der Waals surface area contributed by atoms with Crippen molar-refractivity contribution >= 4 is 11.9 Å². The van der Waals surface area contributed by atoms with Crippen molar-refractivity contribution in [2.75, 3.05) is 26.8 Å². The normalized spacial score (nSPS) is 11.7. The molecule has 0 saturated heterocycles. The average molecular weight is 349 g/mol. The van der Waals surface area contributed by atoms with Crippen molar-refractivity contribution in [3.63, 3.8) is 0 Å². The fourth-order valence-electron chi connectivity index (χ4n) is 2.63. The summed E-state index contributed by atoms with van der Waals surface area (Å²) >= 11 is 0. The molecule has 0 radical (unpaired) electrons. The Morgan fingerprint density at radius 1 is 1.12 bits per heavy atom. The lowest BCUT2D eigenvalue weighted by atomic mass is 10.1. The number of carbonyl (C=O) groups excluding carboxylic acids is 2. The SMILES string of the molecule is CCCCCN(CC(C)C(=O)OC)C(=O)Cc1ccc(OCC)cc1. The van der Waals surface area contributed by atoms with E-state index in [9.17, 15) is 9.59 Å². The maximum absolute atomic E-state index is 12.7. The van der Waals surface area contributed by atoms with Crippen molar-refractivity contribution in [1.29, 1.82) is 0 Å². The van der Waals surface area contributed by atoms with Crippen LogP contribution in [0.25, 0.3) is 0 Å². The van der Waals surface area contributed by atoms with Gasteiger partial charge in [-0.2, -0.15) is 0 Å². The van der Waals surface area contributed by atoms with Gasteiger partial charge in [-0.3, -0.25) is 9.59 Å². The van der Waals surface area contributed by atoms with Crippen LogP contribution in [0.1, 0.15) is 45.6 Å². The summed E-state index contributed by atoms with van der Waals surface area (Å²) in [6.45, 7) is 7.55. The zero-order valence-corrected chi connectivity index (χ0v) is 15.9. The maximum Gasteiger partial charge on any atom is 0.310 e. The molecule has 0 aliphatic heterocycles. The van der Waals surface area contributed by atoms with E-state index in [1.54, 1.807) is 11.8 Å². The topological polar surface area (TPSA) is 55.8 Å². The number of benzene rings is 1. The lowest BCUT2D eigenvalue weighted by Gasteiger charge is -2.25. The van der Waals surface area contributed by atoms with Gasteiger partial charge >= 0.3 is 5.97 Å². The molecule has 0 fully saturated rings. The van der Waals surface area contributed by atoms with Gasteiger partial charge in [-0.1, -0.05) is 38.8 Å². The third-order valence-corrected chi connectivity index (χ3v) is 4.07. The van der Waals surface area contributed by atoms with Gasteiger partial charge in [-0.15, -0.1) is 0 Å². The standard InChI is InChI=1S/C20H31NO4/c1-5-7-8-13-21(15-16(3)20(23)24-4)19(22)14-17-9-11-18(12-10-17)25-6-2/h9-12,16H,5-8,13-15H2,1-4H3. The number of unbranched alkanes of at least 4 members (excludes halogenated alkanes) is 2. The highest BCUT2D eigenvalue weighted by Crippen LogP contribution is 2.14. The van der Waals surface area contributed by atoms with E-state index in [0.29, 0.717) is 26.1 Å². The summed E-state index contributed by atoms with van der Waals surface area (Å²) in [6.07, 6.45) is 3.43. The van der Waals surface area contributed by atoms with Gasteiger partial charge in [0, 0.05) is 13.1 Å². The zero-order chi connectivity index (χ0) is 18.7. The smallest absolute Gasteiger partial charge is 0.310 e. The van der Waals surface area contributed by atoms with Gasteiger partial charge < -0.3 is 14.4 Å². The van der Waals surface area contributed by atoms with Crippen LogP contribution in [0, 0.1) is 5.92 Å². The van der Waals surface area contributed by atoms with Crippen molar-refractivity contribution < 1.29 is 19.1 Å². The first-order valence-corrected chi connectivity index (χ1v) is 9.09. The van der Waals surface area contributed by atoms with Gasteiger partial charge in [0.15, 0.2) is 0 Å². The molecule has 140 valence electrons. The summed E-state index contributed by atoms with van der Waals surface area (Å²) < 4.78 is 10.2. The molecule has 0 aliphatic carbocycles. The molecule has 1 amide bonds. The highest BCUT2D eigenvalue weighted by Gasteiger charge is 2.21. The van der Waals surface area contributed by atoms with Crippen LogP contribution in [0.3, 0.4) is 0 Å². The number of hydrogen-bond donors (Lipinski definition) is 0. The number of amides is 1. The lowest BCUT2D eigenvalue weighted by Crippen LogP contribution is -2.38. The van der Waals surface area contributed by atoms with Gasteiger partial charge in [0.05, 0.1) is 26.1 Å². The summed E-state index contributed by atoms with van der Waals surface area (Å²) in [7, 11) is 1.38. The van der Waals surface area contributed by atoms with E-state index in [1.807, 2.05) is 31.2 Å². The second kappa shape index (κ2) is 11.5. The highest BCUT2D eigenvalue weighted by molar-refractivity contribution is 5.80. The van der Waals surface area contributed by atoms with Crippen LogP contribution in [0.2, 0.25) is 0 Å². The summed E-state index contributed by atoms with van der Waals surface area (Å²) in [6, 6.07) is 7.59. The Hall–Kier alpha value is -2.04. The molecule has 1 unspecified atom stereocenters. The molecule has 1 aromatic rings. The summed E-state index contributed by atoms with van der Waals surface area (Å²) in [5.41, 5.74) is 0.944. The quantitative estimate of drug-likeness (QED) is 0.453. The van der Waals surface area contributed by atoms with Crippen molar-refractivity contribution in [1.82, 2.24) is 4.90 Å². The predicted octanol–water partition coefficient (Wildman–Crippen LogP) is 3.46. The highest BCUT2D eigenvalue weighted by atomic mass is 16.5. The van der Waals surface area contributed by atoms with Crippen molar-refractivity contribution in [2.24, 2.45) is 5.92 Å². The minimum Gasteiger partial charge on any atom is -0.494 e. The molecule has 0 heterocycles. The second-order valence-corrected chi connectivity index (χ2v) is 6.22. The molecule has 5 nitrogen and oxygen atoms in total. The summed E-state index contributed by atoms with van der Waals surface area (Å²) in [5.74, 6) is 0.235. The van der Waals surface area contributed by atoms with Crippen LogP contribution in [-0.2, 0) is 20.7 Å². The number of carbonyl (C=O) groups is 2. The number of nitrogens with zero attached hydrogens (tertiary/aromatic N) is 1. The molecule has 0 aliphatic rings. The van der Waals surface area contributed by atoms with E-state index in [2.05, 4.69) is 6.92 Å². The molecular formula is C20H31NO4. The van der Waals surface area contributed by atoms with Crippen molar-refractivity contribution in [3.8, 4) is 5.75 Å². The number of hydrogen-bond acceptors (Lipinski definition) is 4. The van der Waals surface area contributed by atoms with Crippen molar-refractivity contribution in [2.45, 2.75) is 46.5 Å².